The summed E-state index contributed by atoms with van der Waals surface area (Å²) < 4.78 is 57.2. The van der Waals surface area contributed by atoms with Crippen molar-refractivity contribution >= 4 is 43.7 Å². The summed E-state index contributed by atoms with van der Waals surface area (Å²) in [5, 5.41) is 4.02. The summed E-state index contributed by atoms with van der Waals surface area (Å²) in [7, 11) is -3.12. The maximum absolute atomic E-state index is 14.8. The van der Waals surface area contributed by atoms with Crippen molar-refractivity contribution < 1.29 is 70.8 Å². The quantitative estimate of drug-likeness (QED) is 0.0566. The highest BCUT2D eigenvalue weighted by Gasteiger charge is 2.41. The van der Waals surface area contributed by atoms with Crippen molar-refractivity contribution in [2.45, 2.75) is 105 Å². The number of hydrogen-bond acceptors (Lipinski definition) is 19. The molecule has 2 fully saturated rings. The molecule has 21 nitrogen and oxygen atoms in total. The summed E-state index contributed by atoms with van der Waals surface area (Å²) in [4.78, 5) is 83.8. The molecule has 1 aromatic heterocycles. The standard InChI is InChI=1S/C40H59N6O15P/c1-9-10-22-54-38(49)59-46-20-18-44(19-21-46)37(48)33(25-62(52,60-28(6)57-39(50)55-26(2)3)61-29(7)58-40(51)56-27(4)5)42-36(47)32-23-34(45-17-16-31(24-45)53-8)43-35(41-32)30-14-12-11-13-15-30/h11-15,23,26-29,31,33H,9-10,16-22,24-25H2,1-8H3,(H,42,47)/t28-,29?,31+,33?,62?/m1/s1. The number of unbranched alkanes of at least 4 members (excludes halogenated alkanes) is 1. The van der Waals surface area contributed by atoms with Crippen molar-refractivity contribution in [2.24, 2.45) is 0 Å². The Bertz CT molecular complexity index is 1810. The van der Waals surface area contributed by atoms with Crippen molar-refractivity contribution in [1.29, 1.82) is 0 Å². The number of carbonyl (C=O) groups excluding carboxylic acids is 5. The molecule has 22 heteroatoms. The van der Waals surface area contributed by atoms with Gasteiger partial charge in [-0.1, -0.05) is 43.7 Å². The molecule has 0 saturated carbocycles. The van der Waals surface area contributed by atoms with Gasteiger partial charge in [0.05, 0.1) is 44.2 Å². The maximum Gasteiger partial charge on any atom is 0.527 e. The molecule has 0 aliphatic carbocycles. The molecule has 2 saturated heterocycles. The predicted octanol–water partition coefficient (Wildman–Crippen LogP) is 5.52. The maximum atomic E-state index is 14.8. The van der Waals surface area contributed by atoms with Crippen LogP contribution in [0.4, 0.5) is 20.2 Å². The second-order valence-electron chi connectivity index (χ2n) is 14.9. The minimum absolute atomic E-state index is 0.00596. The fourth-order valence-electron chi connectivity index (χ4n) is 6.17. The van der Waals surface area contributed by atoms with Gasteiger partial charge in [-0.25, -0.2) is 24.4 Å². The fourth-order valence-corrected chi connectivity index (χ4v) is 8.08. The zero-order chi connectivity index (χ0) is 45.4. The number of rotatable bonds is 20. The Morgan fingerprint density at radius 1 is 0.823 bits per heavy atom. The molecule has 2 aromatic rings. The van der Waals surface area contributed by atoms with E-state index in [4.69, 9.17) is 47.3 Å². The van der Waals surface area contributed by atoms with Crippen LogP contribution in [0.3, 0.4) is 0 Å². The highest BCUT2D eigenvalue weighted by Crippen LogP contribution is 2.51. The normalized spacial score (nSPS) is 18.0. The lowest BCUT2D eigenvalue weighted by atomic mass is 10.2. The van der Waals surface area contributed by atoms with E-state index in [1.807, 2.05) is 17.9 Å². The lowest BCUT2D eigenvalue weighted by Crippen LogP contribution is -2.56. The molecule has 2 amide bonds. The van der Waals surface area contributed by atoms with E-state index in [1.165, 1.54) is 29.9 Å². The molecular weight excluding hydrogens is 835 g/mol. The van der Waals surface area contributed by atoms with Crippen LogP contribution >= 0.6 is 7.60 Å². The Balaban J connectivity index is 1.68. The number of carbonyl (C=O) groups is 5. The Kier molecular flexibility index (Phi) is 19.1. The molecule has 5 atom stereocenters. The van der Waals surface area contributed by atoms with E-state index in [2.05, 4.69) is 10.3 Å². The Morgan fingerprint density at radius 3 is 1.98 bits per heavy atom. The summed E-state index contributed by atoms with van der Waals surface area (Å²) >= 11 is 0. The Labute approximate surface area is 361 Å². The lowest BCUT2D eigenvalue weighted by molar-refractivity contribution is -0.157. The first-order valence-electron chi connectivity index (χ1n) is 20.6. The zero-order valence-electron chi connectivity index (χ0n) is 36.5. The van der Waals surface area contributed by atoms with Gasteiger partial charge in [0, 0.05) is 44.9 Å². The van der Waals surface area contributed by atoms with Crippen LogP contribution in [0, 0.1) is 0 Å². The van der Waals surface area contributed by atoms with Crippen molar-refractivity contribution in [3.8, 4) is 11.4 Å². The van der Waals surface area contributed by atoms with Crippen molar-refractivity contribution in [1.82, 2.24) is 25.2 Å². The first kappa shape index (κ1) is 49.6. The van der Waals surface area contributed by atoms with Crippen molar-refractivity contribution in [3.63, 3.8) is 0 Å². The number of nitrogens with zero attached hydrogens (tertiary/aromatic N) is 5. The van der Waals surface area contributed by atoms with E-state index < -0.39 is 74.9 Å². The lowest BCUT2D eigenvalue weighted by Gasteiger charge is -2.35. The monoisotopic (exact) mass is 894 g/mol. The number of benzene rings is 1. The molecule has 4 rings (SSSR count). The van der Waals surface area contributed by atoms with Gasteiger partial charge in [0.15, 0.2) is 5.82 Å². The van der Waals surface area contributed by atoms with Crippen LogP contribution in [-0.4, -0.2) is 146 Å². The number of anilines is 1. The van der Waals surface area contributed by atoms with Crippen LogP contribution < -0.4 is 10.2 Å². The molecule has 3 heterocycles. The third-order valence-corrected chi connectivity index (χ3v) is 11.1. The Morgan fingerprint density at radius 2 is 1.44 bits per heavy atom. The van der Waals surface area contributed by atoms with Crippen molar-refractivity contribution in [2.75, 3.05) is 64.0 Å². The molecule has 62 heavy (non-hydrogen) atoms. The number of amides is 2. The predicted molar refractivity (Wildman–Crippen MR) is 221 cm³/mol. The average Bonchev–Trinajstić information content (AvgIpc) is 3.69. The summed E-state index contributed by atoms with van der Waals surface area (Å²) in [6.45, 7) is 12.2. The number of hydrogen-bond donors (Lipinski definition) is 1. The number of nitrogens with one attached hydrogen (secondary N) is 1. The topological polar surface area (TPSA) is 233 Å². The highest BCUT2D eigenvalue weighted by atomic mass is 31.2. The average molecular weight is 895 g/mol. The second kappa shape index (κ2) is 23.9. The van der Waals surface area contributed by atoms with E-state index in [9.17, 15) is 28.5 Å². The molecule has 0 radical (unpaired) electrons. The summed E-state index contributed by atoms with van der Waals surface area (Å²) in [6, 6.07) is 8.82. The largest absolute Gasteiger partial charge is 0.527 e. The molecule has 0 bridgehead atoms. The summed E-state index contributed by atoms with van der Waals surface area (Å²) in [6.07, 6.45) is -6.22. The van der Waals surface area contributed by atoms with E-state index in [1.54, 1.807) is 59.1 Å². The van der Waals surface area contributed by atoms with E-state index in [0.717, 1.165) is 12.8 Å². The molecule has 1 N–H and O–H groups in total. The van der Waals surface area contributed by atoms with Crippen molar-refractivity contribution in [3.05, 3.63) is 42.1 Å². The summed E-state index contributed by atoms with van der Waals surface area (Å²) in [5.74, 6) is -0.898. The number of piperazine rings is 1. The number of methoxy groups -OCH3 is 1. The van der Waals surface area contributed by atoms with E-state index >= 15 is 0 Å². The van der Waals surface area contributed by atoms with Gasteiger partial charge < -0.3 is 48.4 Å². The van der Waals surface area contributed by atoms with Gasteiger partial charge in [-0.2, -0.15) is 0 Å². The minimum atomic E-state index is -4.74. The van der Waals surface area contributed by atoms with Crippen LogP contribution in [0.15, 0.2) is 36.4 Å². The van der Waals surface area contributed by atoms with Gasteiger partial charge in [-0.05, 0) is 54.4 Å². The first-order chi connectivity index (χ1) is 29.5. The third kappa shape index (κ3) is 16.0. The van der Waals surface area contributed by atoms with E-state index in [-0.39, 0.29) is 50.4 Å². The SMILES string of the molecule is CCCCOC(=O)ON1CCN(C(=O)C(CP(=O)(OC(C)OC(=O)OC(C)C)O[C@H](C)OC(=O)OC(C)C)NC(=O)c2cc(N3CC[C@H](OC)C3)nc(-c3ccccc3)n2)CC1. The molecule has 2 aliphatic heterocycles. The molecule has 2 aliphatic rings. The van der Waals surface area contributed by atoms with Gasteiger partial charge in [-0.3, -0.25) is 23.2 Å². The van der Waals surface area contributed by atoms with Crippen LogP contribution in [0.2, 0.25) is 0 Å². The third-order valence-electron chi connectivity index (χ3n) is 9.07. The van der Waals surface area contributed by atoms with Crippen LogP contribution in [0.5, 0.6) is 0 Å². The van der Waals surface area contributed by atoms with Gasteiger partial charge in [0.25, 0.3) is 5.91 Å². The van der Waals surface area contributed by atoms with Gasteiger partial charge in [0.1, 0.15) is 17.6 Å². The number of aromatic nitrogens is 2. The smallest absolute Gasteiger partial charge is 0.433 e. The fraction of sp³-hybridized carbons (Fsp3) is 0.625. The second-order valence-corrected chi connectivity index (χ2v) is 16.9. The van der Waals surface area contributed by atoms with E-state index in [0.29, 0.717) is 30.9 Å². The molecule has 3 unspecified atom stereocenters. The van der Waals surface area contributed by atoms with Crippen LogP contribution in [0.1, 0.15) is 78.2 Å². The molecular formula is C40H59N6O15P. The van der Waals surface area contributed by atoms with Gasteiger partial charge in [0.2, 0.25) is 18.5 Å². The molecule has 344 valence electrons. The van der Waals surface area contributed by atoms with Crippen LogP contribution in [-0.2, 0) is 51.7 Å². The highest BCUT2D eigenvalue weighted by molar-refractivity contribution is 7.54. The molecule has 1 aromatic carbocycles. The summed E-state index contributed by atoms with van der Waals surface area (Å²) in [5.41, 5.74) is 0.499. The first-order valence-corrected chi connectivity index (χ1v) is 22.3. The number of ether oxygens (including phenoxy) is 6. The Hall–Kier alpha value is -5.08. The van der Waals surface area contributed by atoms with Crippen LogP contribution in [0.25, 0.3) is 11.4 Å². The van der Waals surface area contributed by atoms with Gasteiger partial charge >= 0.3 is 26.1 Å². The van der Waals surface area contributed by atoms with Gasteiger partial charge in [-0.15, -0.1) is 5.06 Å². The zero-order valence-corrected chi connectivity index (χ0v) is 37.4. The molecule has 0 spiro atoms. The minimum Gasteiger partial charge on any atom is -0.433 e. The number of hydroxylamine groups is 2.